The number of amides is 1. The summed E-state index contributed by atoms with van der Waals surface area (Å²) in [6.07, 6.45) is 0. The number of pyridine rings is 1. The lowest BCUT2D eigenvalue weighted by molar-refractivity contribution is -0.118. The molecular weight excluding hydrogens is 356 g/mol. The van der Waals surface area contributed by atoms with Crippen molar-refractivity contribution in [2.75, 3.05) is 18.5 Å². The van der Waals surface area contributed by atoms with Crippen molar-refractivity contribution in [2.45, 2.75) is 20.8 Å². The summed E-state index contributed by atoms with van der Waals surface area (Å²) < 4.78 is 10.7. The van der Waals surface area contributed by atoms with Crippen molar-refractivity contribution in [1.29, 1.82) is 0 Å². The molecule has 0 spiro atoms. The average Bonchev–Trinajstić information content (AvgIpc) is 2.67. The number of aromatic nitrogens is 1. The number of esters is 1. The Bertz CT molecular complexity index is 1010. The summed E-state index contributed by atoms with van der Waals surface area (Å²) in [6.45, 7) is 5.82. The average molecular weight is 378 g/mol. The second-order valence-electron chi connectivity index (χ2n) is 6.37. The Kier molecular flexibility index (Phi) is 5.89. The third-order valence-electron chi connectivity index (χ3n) is 4.17. The molecule has 0 fully saturated rings. The highest BCUT2D eigenvalue weighted by Gasteiger charge is 2.11. The van der Waals surface area contributed by atoms with Gasteiger partial charge in [0, 0.05) is 22.8 Å². The Morgan fingerprint density at radius 3 is 2.54 bits per heavy atom. The van der Waals surface area contributed by atoms with Gasteiger partial charge in [0.25, 0.3) is 5.91 Å². The van der Waals surface area contributed by atoms with Crippen molar-refractivity contribution in [2.24, 2.45) is 0 Å². The van der Waals surface area contributed by atoms with Crippen LogP contribution in [0.15, 0.2) is 48.5 Å². The minimum atomic E-state index is -0.390. The molecule has 144 valence electrons. The summed E-state index contributed by atoms with van der Waals surface area (Å²) in [5, 5.41) is 3.63. The number of para-hydroxylation sites is 1. The summed E-state index contributed by atoms with van der Waals surface area (Å²) in [7, 11) is 0. The molecule has 1 amide bonds. The van der Waals surface area contributed by atoms with Gasteiger partial charge in [-0.15, -0.1) is 0 Å². The third kappa shape index (κ3) is 4.46. The number of aryl methyl sites for hydroxylation is 2. The molecule has 1 aromatic heterocycles. The van der Waals surface area contributed by atoms with Gasteiger partial charge in [0.2, 0.25) is 0 Å². The van der Waals surface area contributed by atoms with Crippen LogP contribution in [0.3, 0.4) is 0 Å². The first-order valence-corrected chi connectivity index (χ1v) is 9.04. The van der Waals surface area contributed by atoms with Crippen molar-refractivity contribution in [3.63, 3.8) is 0 Å². The van der Waals surface area contributed by atoms with Crippen LogP contribution in [-0.4, -0.2) is 30.1 Å². The maximum absolute atomic E-state index is 12.3. The second kappa shape index (κ2) is 8.52. The molecule has 28 heavy (non-hydrogen) atoms. The van der Waals surface area contributed by atoms with Gasteiger partial charge in [-0.1, -0.05) is 12.1 Å². The van der Waals surface area contributed by atoms with Crippen LogP contribution in [0.4, 0.5) is 5.69 Å². The maximum Gasteiger partial charge on any atom is 0.338 e. The monoisotopic (exact) mass is 378 g/mol. The van der Waals surface area contributed by atoms with Gasteiger partial charge in [-0.2, -0.15) is 0 Å². The molecule has 3 aromatic rings. The van der Waals surface area contributed by atoms with E-state index >= 15 is 0 Å². The minimum absolute atomic E-state index is 0.133. The number of carbonyl (C=O) groups is 2. The van der Waals surface area contributed by atoms with Gasteiger partial charge in [-0.05, 0) is 56.7 Å². The lowest BCUT2D eigenvalue weighted by Crippen LogP contribution is -2.20. The first kappa shape index (κ1) is 19.4. The van der Waals surface area contributed by atoms with Crippen LogP contribution in [0.1, 0.15) is 28.5 Å². The van der Waals surface area contributed by atoms with Crippen molar-refractivity contribution in [3.8, 4) is 5.75 Å². The fourth-order valence-electron chi connectivity index (χ4n) is 2.85. The molecule has 0 unspecified atom stereocenters. The van der Waals surface area contributed by atoms with Crippen LogP contribution >= 0.6 is 0 Å². The van der Waals surface area contributed by atoms with Gasteiger partial charge in [0.1, 0.15) is 5.75 Å². The van der Waals surface area contributed by atoms with E-state index in [1.54, 1.807) is 31.2 Å². The van der Waals surface area contributed by atoms with E-state index in [1.807, 2.05) is 38.1 Å². The molecule has 0 saturated heterocycles. The molecule has 0 radical (unpaired) electrons. The summed E-state index contributed by atoms with van der Waals surface area (Å²) in [5.41, 5.74) is 3.76. The van der Waals surface area contributed by atoms with Gasteiger partial charge in [-0.3, -0.25) is 9.78 Å². The number of hydrogen-bond acceptors (Lipinski definition) is 5. The molecule has 0 aliphatic heterocycles. The lowest BCUT2D eigenvalue weighted by Gasteiger charge is -2.12. The normalized spacial score (nSPS) is 10.5. The molecule has 0 aliphatic carbocycles. The Morgan fingerprint density at radius 2 is 1.82 bits per heavy atom. The van der Waals surface area contributed by atoms with Crippen molar-refractivity contribution >= 4 is 28.5 Å². The molecule has 0 aliphatic rings. The van der Waals surface area contributed by atoms with Crippen LogP contribution in [0.5, 0.6) is 5.75 Å². The second-order valence-corrected chi connectivity index (χ2v) is 6.37. The van der Waals surface area contributed by atoms with E-state index in [2.05, 4.69) is 10.3 Å². The highest BCUT2D eigenvalue weighted by Crippen LogP contribution is 2.27. The molecule has 0 atom stereocenters. The van der Waals surface area contributed by atoms with Crippen molar-refractivity contribution in [1.82, 2.24) is 4.98 Å². The van der Waals surface area contributed by atoms with E-state index in [0.29, 0.717) is 23.6 Å². The summed E-state index contributed by atoms with van der Waals surface area (Å²) in [5.74, 6) is -0.0582. The van der Waals surface area contributed by atoms with Crippen LogP contribution < -0.4 is 10.1 Å². The quantitative estimate of drug-likeness (QED) is 0.655. The Morgan fingerprint density at radius 1 is 1.07 bits per heavy atom. The zero-order chi connectivity index (χ0) is 20.1. The topological polar surface area (TPSA) is 77.5 Å². The van der Waals surface area contributed by atoms with E-state index in [9.17, 15) is 9.59 Å². The predicted octanol–water partition coefficient (Wildman–Crippen LogP) is 4.05. The van der Waals surface area contributed by atoms with Crippen LogP contribution in [-0.2, 0) is 9.53 Å². The fraction of sp³-hybridized carbons (Fsp3) is 0.227. The molecule has 6 heteroatoms. The minimum Gasteiger partial charge on any atom is -0.483 e. The van der Waals surface area contributed by atoms with Crippen LogP contribution in [0.2, 0.25) is 0 Å². The number of rotatable bonds is 6. The van der Waals surface area contributed by atoms with E-state index in [4.69, 9.17) is 9.47 Å². The number of anilines is 1. The fourth-order valence-corrected chi connectivity index (χ4v) is 2.85. The summed E-state index contributed by atoms with van der Waals surface area (Å²) in [6, 6.07) is 14.2. The number of benzene rings is 2. The molecule has 2 aromatic carbocycles. The van der Waals surface area contributed by atoms with E-state index < -0.39 is 0 Å². The van der Waals surface area contributed by atoms with Gasteiger partial charge in [-0.25, -0.2) is 4.79 Å². The lowest BCUT2D eigenvalue weighted by atomic mass is 10.1. The molecule has 0 bridgehead atoms. The zero-order valence-electron chi connectivity index (χ0n) is 16.1. The highest BCUT2D eigenvalue weighted by atomic mass is 16.5. The van der Waals surface area contributed by atoms with Crippen LogP contribution in [0.25, 0.3) is 10.9 Å². The Labute approximate surface area is 163 Å². The Hall–Kier alpha value is -3.41. The molecule has 1 heterocycles. The van der Waals surface area contributed by atoms with E-state index in [1.165, 1.54) is 0 Å². The number of nitrogens with one attached hydrogen (secondary N) is 1. The summed E-state index contributed by atoms with van der Waals surface area (Å²) >= 11 is 0. The smallest absolute Gasteiger partial charge is 0.338 e. The van der Waals surface area contributed by atoms with E-state index in [-0.39, 0.29) is 18.5 Å². The van der Waals surface area contributed by atoms with Gasteiger partial charge < -0.3 is 14.8 Å². The van der Waals surface area contributed by atoms with E-state index in [0.717, 1.165) is 22.2 Å². The maximum atomic E-state index is 12.3. The number of hydrogen-bond donors (Lipinski definition) is 1. The number of ether oxygens (including phenoxy) is 2. The third-order valence-corrected chi connectivity index (χ3v) is 4.17. The Balaban J connectivity index is 1.66. The number of carbonyl (C=O) groups excluding carboxylic acids is 2. The number of fused-ring (bicyclic) bond motifs is 1. The highest BCUT2D eigenvalue weighted by molar-refractivity contribution is 5.94. The van der Waals surface area contributed by atoms with Gasteiger partial charge >= 0.3 is 5.97 Å². The molecule has 6 nitrogen and oxygen atoms in total. The largest absolute Gasteiger partial charge is 0.483 e. The van der Waals surface area contributed by atoms with Crippen LogP contribution in [0, 0.1) is 13.8 Å². The molecule has 3 rings (SSSR count). The van der Waals surface area contributed by atoms with Crippen molar-refractivity contribution < 1.29 is 19.1 Å². The molecular formula is C22H22N2O4. The first-order chi connectivity index (χ1) is 13.5. The molecule has 0 saturated carbocycles. The molecule has 1 N–H and O–H groups in total. The number of nitrogens with zero attached hydrogens (tertiary/aromatic N) is 1. The first-order valence-electron chi connectivity index (χ1n) is 9.04. The van der Waals surface area contributed by atoms with Crippen molar-refractivity contribution in [3.05, 3.63) is 65.4 Å². The standard InChI is InChI=1S/C22H22N2O4/c1-4-27-22(26)16-8-10-17(11-9-16)24-20(25)13-28-19-12-15(3)23-21-14(2)6-5-7-18(19)21/h5-12H,4,13H2,1-3H3,(H,24,25). The zero-order valence-corrected chi connectivity index (χ0v) is 16.1. The SMILES string of the molecule is CCOC(=O)c1ccc(NC(=O)COc2cc(C)nc3c(C)cccc23)cc1. The van der Waals surface area contributed by atoms with Gasteiger partial charge in [0.05, 0.1) is 17.7 Å². The summed E-state index contributed by atoms with van der Waals surface area (Å²) in [4.78, 5) is 28.5. The predicted molar refractivity (Wildman–Crippen MR) is 108 cm³/mol. The van der Waals surface area contributed by atoms with Gasteiger partial charge in [0.15, 0.2) is 6.61 Å².